The molecule has 7 heteroatoms. The lowest BCUT2D eigenvalue weighted by Gasteiger charge is -2.20. The van der Waals surface area contributed by atoms with E-state index in [1.165, 1.54) is 4.90 Å². The summed E-state index contributed by atoms with van der Waals surface area (Å²) in [5.74, 6) is 0.398. The van der Waals surface area contributed by atoms with Gasteiger partial charge in [0.2, 0.25) is 0 Å². The fourth-order valence-corrected chi connectivity index (χ4v) is 3.22. The number of hydrogen-bond donors (Lipinski definition) is 2. The number of aliphatic imine (C=N–C) groups is 1. The molecule has 3 N–H and O–H groups in total. The number of carbonyl (C=O) groups is 2. The fourth-order valence-electron chi connectivity index (χ4n) is 3.22. The van der Waals surface area contributed by atoms with Crippen LogP contribution in [0, 0.1) is 0 Å². The van der Waals surface area contributed by atoms with Crippen molar-refractivity contribution in [3.8, 4) is 0 Å². The second kappa shape index (κ2) is 5.20. The second-order valence-electron chi connectivity index (χ2n) is 6.26. The Kier molecular flexibility index (Phi) is 3.51. The fraction of sp³-hybridized carbons (Fsp3) is 0.786. The minimum atomic E-state index is -0.628. The number of guanidine groups is 1. The minimum Gasteiger partial charge on any atom is -0.370 e. The van der Waals surface area contributed by atoms with Gasteiger partial charge in [-0.15, -0.1) is 0 Å². The predicted octanol–water partition coefficient (Wildman–Crippen LogP) is 0.260. The van der Waals surface area contributed by atoms with Gasteiger partial charge in [-0.25, -0.2) is 4.79 Å². The lowest BCUT2D eigenvalue weighted by atomic mass is 9.98. The Morgan fingerprint density at radius 1 is 1.43 bits per heavy atom. The van der Waals surface area contributed by atoms with E-state index in [4.69, 9.17) is 5.73 Å². The zero-order valence-corrected chi connectivity index (χ0v) is 12.5. The molecule has 3 fully saturated rings. The molecule has 116 valence electrons. The van der Waals surface area contributed by atoms with Gasteiger partial charge in [-0.05, 0) is 25.7 Å². The van der Waals surface area contributed by atoms with Crippen molar-refractivity contribution in [2.45, 2.75) is 50.1 Å². The molecule has 1 heterocycles. The Morgan fingerprint density at radius 2 is 2.10 bits per heavy atom. The lowest BCUT2D eigenvalue weighted by molar-refractivity contribution is -0.131. The van der Waals surface area contributed by atoms with E-state index in [1.807, 2.05) is 11.9 Å². The van der Waals surface area contributed by atoms with Crippen molar-refractivity contribution < 1.29 is 9.59 Å². The molecule has 3 rings (SSSR count). The van der Waals surface area contributed by atoms with Gasteiger partial charge in [0.25, 0.3) is 5.91 Å². The van der Waals surface area contributed by atoms with Gasteiger partial charge in [0, 0.05) is 13.1 Å². The van der Waals surface area contributed by atoms with Crippen LogP contribution in [0.15, 0.2) is 4.99 Å². The normalized spacial score (nSPS) is 24.8. The first-order valence-corrected chi connectivity index (χ1v) is 7.70. The minimum absolute atomic E-state index is 0.0886. The molecule has 1 saturated heterocycles. The Bertz CT molecular complexity index is 480. The Balaban J connectivity index is 1.56. The number of hydrogen-bond acceptors (Lipinski definition) is 3. The maximum absolute atomic E-state index is 12.4. The standard InChI is InChI=1S/C14H23N5O2/c1-18(10-4-5-10)12(15)16-8-9-19-11(20)14(17-13(19)21)6-2-3-7-14/h10H,2-9H2,1H3,(H2,15,16)(H,17,21). The van der Waals surface area contributed by atoms with Crippen molar-refractivity contribution in [3.63, 3.8) is 0 Å². The molecule has 0 aromatic carbocycles. The SMILES string of the molecule is CN(C(N)=NCCN1C(=O)NC2(CCCC2)C1=O)C1CC1. The molecule has 3 aliphatic rings. The number of nitrogens with one attached hydrogen (secondary N) is 1. The molecule has 0 bridgehead atoms. The highest BCUT2D eigenvalue weighted by Crippen LogP contribution is 2.34. The smallest absolute Gasteiger partial charge is 0.325 e. The zero-order chi connectivity index (χ0) is 15.0. The van der Waals surface area contributed by atoms with E-state index < -0.39 is 5.54 Å². The van der Waals surface area contributed by atoms with Gasteiger partial charge in [-0.1, -0.05) is 12.8 Å². The number of nitrogens with zero attached hydrogens (tertiary/aromatic N) is 3. The van der Waals surface area contributed by atoms with Crippen molar-refractivity contribution in [2.24, 2.45) is 10.7 Å². The van der Waals surface area contributed by atoms with Crippen molar-refractivity contribution >= 4 is 17.9 Å². The summed E-state index contributed by atoms with van der Waals surface area (Å²) in [7, 11) is 1.93. The lowest BCUT2D eigenvalue weighted by Crippen LogP contribution is -2.44. The van der Waals surface area contributed by atoms with E-state index >= 15 is 0 Å². The number of urea groups is 1. The van der Waals surface area contributed by atoms with Gasteiger partial charge < -0.3 is 16.0 Å². The first kappa shape index (κ1) is 14.2. The summed E-state index contributed by atoms with van der Waals surface area (Å²) in [4.78, 5) is 31.9. The molecule has 0 radical (unpaired) electrons. The van der Waals surface area contributed by atoms with Crippen LogP contribution in [0.1, 0.15) is 38.5 Å². The van der Waals surface area contributed by atoms with Crippen LogP contribution >= 0.6 is 0 Å². The van der Waals surface area contributed by atoms with E-state index in [0.717, 1.165) is 38.5 Å². The summed E-state index contributed by atoms with van der Waals surface area (Å²) < 4.78 is 0. The Morgan fingerprint density at radius 3 is 2.71 bits per heavy atom. The first-order valence-electron chi connectivity index (χ1n) is 7.70. The van der Waals surface area contributed by atoms with Gasteiger partial charge >= 0.3 is 6.03 Å². The Hall–Kier alpha value is -1.79. The summed E-state index contributed by atoms with van der Waals surface area (Å²) in [6, 6.07) is 0.221. The van der Waals surface area contributed by atoms with Crippen molar-refractivity contribution in [1.82, 2.24) is 15.1 Å². The highest BCUT2D eigenvalue weighted by Gasteiger charge is 2.52. The molecule has 3 amide bonds. The van der Waals surface area contributed by atoms with Crippen LogP contribution in [-0.2, 0) is 4.79 Å². The second-order valence-corrected chi connectivity index (χ2v) is 6.26. The van der Waals surface area contributed by atoms with Gasteiger partial charge in [-0.2, -0.15) is 0 Å². The molecule has 0 unspecified atom stereocenters. The number of rotatable bonds is 4. The highest BCUT2D eigenvalue weighted by molar-refractivity contribution is 6.07. The highest BCUT2D eigenvalue weighted by atomic mass is 16.2. The van der Waals surface area contributed by atoms with Gasteiger partial charge in [0.05, 0.1) is 13.1 Å². The molecule has 0 atom stereocenters. The van der Waals surface area contributed by atoms with Crippen LogP contribution in [0.25, 0.3) is 0 Å². The third-order valence-corrected chi connectivity index (χ3v) is 4.76. The third kappa shape index (κ3) is 2.56. The summed E-state index contributed by atoms with van der Waals surface area (Å²) in [5.41, 5.74) is 5.27. The third-order valence-electron chi connectivity index (χ3n) is 4.76. The molecule has 2 aliphatic carbocycles. The number of amides is 3. The molecule has 2 saturated carbocycles. The molecule has 21 heavy (non-hydrogen) atoms. The number of imide groups is 1. The van der Waals surface area contributed by atoms with E-state index in [1.54, 1.807) is 0 Å². The van der Waals surface area contributed by atoms with Crippen molar-refractivity contribution in [1.29, 1.82) is 0 Å². The first-order chi connectivity index (χ1) is 10.0. The molecule has 0 aromatic rings. The number of carbonyl (C=O) groups excluding carboxylic acids is 2. The molecule has 0 aromatic heterocycles. The molecule has 7 nitrogen and oxygen atoms in total. The largest absolute Gasteiger partial charge is 0.370 e. The van der Waals surface area contributed by atoms with Crippen LogP contribution in [-0.4, -0.2) is 59.4 Å². The van der Waals surface area contributed by atoms with Gasteiger partial charge in [-0.3, -0.25) is 14.7 Å². The Labute approximate surface area is 124 Å². The topological polar surface area (TPSA) is 91.0 Å². The zero-order valence-electron chi connectivity index (χ0n) is 12.5. The molecule has 1 spiro atoms. The molecular weight excluding hydrogens is 270 g/mol. The summed E-state index contributed by atoms with van der Waals surface area (Å²) >= 11 is 0. The summed E-state index contributed by atoms with van der Waals surface area (Å²) in [6.07, 6.45) is 5.81. The summed E-state index contributed by atoms with van der Waals surface area (Å²) in [5, 5.41) is 2.87. The van der Waals surface area contributed by atoms with Crippen LogP contribution in [0.2, 0.25) is 0 Å². The predicted molar refractivity (Wildman–Crippen MR) is 78.7 cm³/mol. The molecular formula is C14H23N5O2. The maximum atomic E-state index is 12.4. The van der Waals surface area contributed by atoms with Crippen LogP contribution < -0.4 is 11.1 Å². The van der Waals surface area contributed by atoms with E-state index in [9.17, 15) is 9.59 Å². The quantitative estimate of drug-likeness (QED) is 0.442. The monoisotopic (exact) mass is 293 g/mol. The van der Waals surface area contributed by atoms with E-state index in [2.05, 4.69) is 10.3 Å². The van der Waals surface area contributed by atoms with E-state index in [0.29, 0.717) is 25.1 Å². The van der Waals surface area contributed by atoms with Crippen molar-refractivity contribution in [2.75, 3.05) is 20.1 Å². The van der Waals surface area contributed by atoms with Crippen LogP contribution in [0.3, 0.4) is 0 Å². The maximum Gasteiger partial charge on any atom is 0.325 e. The van der Waals surface area contributed by atoms with Gasteiger partial charge in [0.1, 0.15) is 5.54 Å². The van der Waals surface area contributed by atoms with E-state index in [-0.39, 0.29) is 11.9 Å². The summed E-state index contributed by atoms with van der Waals surface area (Å²) in [6.45, 7) is 0.657. The van der Waals surface area contributed by atoms with Crippen LogP contribution in [0.4, 0.5) is 4.79 Å². The molecule has 1 aliphatic heterocycles. The van der Waals surface area contributed by atoms with Gasteiger partial charge in [0.15, 0.2) is 5.96 Å². The average molecular weight is 293 g/mol. The average Bonchev–Trinajstić information content (AvgIpc) is 3.16. The van der Waals surface area contributed by atoms with Crippen molar-refractivity contribution in [3.05, 3.63) is 0 Å². The van der Waals surface area contributed by atoms with Crippen LogP contribution in [0.5, 0.6) is 0 Å². The number of nitrogens with two attached hydrogens (primary N) is 1.